The lowest BCUT2D eigenvalue weighted by Gasteiger charge is -2.28. The number of hydrogen-bond donors (Lipinski definition) is 3. The van der Waals surface area contributed by atoms with Gasteiger partial charge in [-0.1, -0.05) is 13.8 Å². The highest BCUT2D eigenvalue weighted by Crippen LogP contribution is 2.12. The van der Waals surface area contributed by atoms with Gasteiger partial charge in [-0.25, -0.2) is 0 Å². The first-order chi connectivity index (χ1) is 12.4. The van der Waals surface area contributed by atoms with Crippen molar-refractivity contribution in [3.63, 3.8) is 0 Å². The maximum absolute atomic E-state index is 12.1. The van der Waals surface area contributed by atoms with Crippen molar-refractivity contribution in [3.05, 3.63) is 0 Å². The zero-order chi connectivity index (χ0) is 21.1. The third kappa shape index (κ3) is 13.6. The lowest BCUT2D eigenvalue weighted by atomic mass is 10.1. The van der Waals surface area contributed by atoms with Gasteiger partial charge < -0.3 is 25.4 Å². The third-order valence-electron chi connectivity index (χ3n) is 3.85. The molecular formula is C20H41N3O4. The van der Waals surface area contributed by atoms with Gasteiger partial charge in [-0.3, -0.25) is 9.59 Å². The Kier molecular flexibility index (Phi) is 11.8. The van der Waals surface area contributed by atoms with Crippen LogP contribution < -0.4 is 16.0 Å². The molecule has 0 atom stereocenters. The maximum Gasteiger partial charge on any atom is 0.251 e. The molecule has 0 saturated carbocycles. The quantitative estimate of drug-likeness (QED) is 0.397. The Morgan fingerprint density at radius 3 is 2.07 bits per heavy atom. The minimum absolute atomic E-state index is 0.0278. The first kappa shape index (κ1) is 25.8. The molecule has 7 nitrogen and oxygen atoms in total. The van der Waals surface area contributed by atoms with E-state index in [2.05, 4.69) is 29.8 Å². The molecule has 27 heavy (non-hydrogen) atoms. The van der Waals surface area contributed by atoms with Gasteiger partial charge in [-0.2, -0.15) is 0 Å². The lowest BCUT2D eigenvalue weighted by Crippen LogP contribution is -2.47. The van der Waals surface area contributed by atoms with Crippen LogP contribution in [-0.2, 0) is 19.1 Å². The summed E-state index contributed by atoms with van der Waals surface area (Å²) in [7, 11) is 0. The fraction of sp³-hybridized carbons (Fsp3) is 0.900. The highest BCUT2D eigenvalue weighted by Gasteiger charge is 2.29. The third-order valence-corrected chi connectivity index (χ3v) is 3.85. The van der Waals surface area contributed by atoms with E-state index in [-0.39, 0.29) is 17.9 Å². The molecule has 0 aromatic heterocycles. The SMILES string of the molecule is CC(C)NCCCC(=O)NCC(C)(C)OCCOC(C)(C)C(=O)NC(C)C. The Hall–Kier alpha value is -1.18. The number of carbonyl (C=O) groups is 2. The molecule has 160 valence electrons. The van der Waals surface area contributed by atoms with E-state index in [1.54, 1.807) is 13.8 Å². The van der Waals surface area contributed by atoms with Gasteiger partial charge in [0, 0.05) is 25.0 Å². The second kappa shape index (κ2) is 12.3. The van der Waals surface area contributed by atoms with Gasteiger partial charge in [-0.15, -0.1) is 0 Å². The van der Waals surface area contributed by atoms with Crippen LogP contribution in [-0.4, -0.2) is 61.4 Å². The van der Waals surface area contributed by atoms with E-state index < -0.39 is 11.2 Å². The van der Waals surface area contributed by atoms with Crippen LogP contribution >= 0.6 is 0 Å². The van der Waals surface area contributed by atoms with Crippen LogP contribution in [0, 0.1) is 0 Å². The molecule has 0 fully saturated rings. The van der Waals surface area contributed by atoms with Crippen molar-refractivity contribution in [1.29, 1.82) is 0 Å². The van der Waals surface area contributed by atoms with Crippen molar-refractivity contribution < 1.29 is 19.1 Å². The topological polar surface area (TPSA) is 88.7 Å². The minimum atomic E-state index is -0.907. The summed E-state index contributed by atoms with van der Waals surface area (Å²) < 4.78 is 11.5. The molecule has 3 N–H and O–H groups in total. The van der Waals surface area contributed by atoms with Gasteiger partial charge in [0.15, 0.2) is 0 Å². The van der Waals surface area contributed by atoms with Crippen LogP contribution in [0.5, 0.6) is 0 Å². The van der Waals surface area contributed by atoms with Crippen LogP contribution in [0.4, 0.5) is 0 Å². The van der Waals surface area contributed by atoms with Crippen molar-refractivity contribution in [2.75, 3.05) is 26.3 Å². The van der Waals surface area contributed by atoms with Gasteiger partial charge in [-0.05, 0) is 54.5 Å². The van der Waals surface area contributed by atoms with Crippen LogP contribution in [0.2, 0.25) is 0 Å². The summed E-state index contributed by atoms with van der Waals surface area (Å²) in [6.45, 7) is 17.2. The monoisotopic (exact) mass is 387 g/mol. The Labute approximate surface area is 165 Å². The van der Waals surface area contributed by atoms with Crippen molar-refractivity contribution in [1.82, 2.24) is 16.0 Å². The van der Waals surface area contributed by atoms with Crippen LogP contribution in [0.1, 0.15) is 68.2 Å². The van der Waals surface area contributed by atoms with E-state index >= 15 is 0 Å². The Balaban J connectivity index is 4.02. The molecule has 0 unspecified atom stereocenters. The zero-order valence-corrected chi connectivity index (χ0v) is 18.5. The maximum atomic E-state index is 12.1. The van der Waals surface area contributed by atoms with Crippen LogP contribution in [0.25, 0.3) is 0 Å². The molecule has 0 aromatic carbocycles. The molecule has 0 rings (SSSR count). The highest BCUT2D eigenvalue weighted by molar-refractivity contribution is 5.84. The average molecular weight is 388 g/mol. The first-order valence-corrected chi connectivity index (χ1v) is 9.94. The standard InChI is InChI=1S/C20H41N3O4/c1-15(2)21-11-9-10-17(24)22-14-19(5,6)26-12-13-27-20(7,8)18(25)23-16(3)4/h15-16,21H,9-14H2,1-8H3,(H,22,24)(H,23,25). The summed E-state index contributed by atoms with van der Waals surface area (Å²) in [4.78, 5) is 24.0. The summed E-state index contributed by atoms with van der Waals surface area (Å²) in [6.07, 6.45) is 1.31. The van der Waals surface area contributed by atoms with E-state index in [4.69, 9.17) is 9.47 Å². The zero-order valence-electron chi connectivity index (χ0n) is 18.5. The van der Waals surface area contributed by atoms with Crippen LogP contribution in [0.15, 0.2) is 0 Å². The number of amides is 2. The van der Waals surface area contributed by atoms with Crippen molar-refractivity contribution >= 4 is 11.8 Å². The molecule has 0 spiro atoms. The second-order valence-electron chi connectivity index (χ2n) is 8.58. The molecule has 7 heteroatoms. The molecule has 0 heterocycles. The van der Waals surface area contributed by atoms with Crippen LogP contribution in [0.3, 0.4) is 0 Å². The molecule has 0 aromatic rings. The van der Waals surface area contributed by atoms with E-state index in [1.165, 1.54) is 0 Å². The minimum Gasteiger partial charge on any atom is -0.371 e. The fourth-order valence-electron chi connectivity index (χ4n) is 2.21. The van der Waals surface area contributed by atoms with Crippen molar-refractivity contribution in [2.45, 2.75) is 91.5 Å². The van der Waals surface area contributed by atoms with Gasteiger partial charge in [0.05, 0.1) is 18.8 Å². The van der Waals surface area contributed by atoms with E-state index in [0.717, 1.165) is 13.0 Å². The predicted octanol–water partition coefficient (Wildman–Crippen LogP) is 2.00. The molecule has 2 amide bonds. The predicted molar refractivity (Wildman–Crippen MR) is 109 cm³/mol. The number of hydrogen-bond acceptors (Lipinski definition) is 5. The van der Waals surface area contributed by atoms with Gasteiger partial charge in [0.25, 0.3) is 5.91 Å². The number of ether oxygens (including phenoxy) is 2. The molecule has 0 aliphatic heterocycles. The number of nitrogens with one attached hydrogen (secondary N) is 3. The lowest BCUT2D eigenvalue weighted by molar-refractivity contribution is -0.147. The summed E-state index contributed by atoms with van der Waals surface area (Å²) in [5.41, 5.74) is -1.41. The Bertz CT molecular complexity index is 449. The van der Waals surface area contributed by atoms with Crippen molar-refractivity contribution in [3.8, 4) is 0 Å². The normalized spacial score (nSPS) is 12.5. The molecule has 0 bridgehead atoms. The van der Waals surface area contributed by atoms with Gasteiger partial charge in [0.2, 0.25) is 5.91 Å². The molecule has 0 aliphatic carbocycles. The van der Waals surface area contributed by atoms with Gasteiger partial charge in [0.1, 0.15) is 5.60 Å². The molecule has 0 aliphatic rings. The van der Waals surface area contributed by atoms with E-state index in [9.17, 15) is 9.59 Å². The molecule has 0 saturated heterocycles. The molecule has 0 radical (unpaired) electrons. The largest absolute Gasteiger partial charge is 0.371 e. The van der Waals surface area contributed by atoms with Crippen molar-refractivity contribution in [2.24, 2.45) is 0 Å². The summed E-state index contributed by atoms with van der Waals surface area (Å²) in [5, 5.41) is 9.05. The number of carbonyl (C=O) groups excluding carboxylic acids is 2. The summed E-state index contributed by atoms with van der Waals surface area (Å²) in [6, 6.07) is 0.504. The smallest absolute Gasteiger partial charge is 0.251 e. The van der Waals surface area contributed by atoms with Gasteiger partial charge >= 0.3 is 0 Å². The van der Waals surface area contributed by atoms with E-state index in [0.29, 0.717) is 32.2 Å². The Morgan fingerprint density at radius 2 is 1.52 bits per heavy atom. The van der Waals surface area contributed by atoms with E-state index in [1.807, 2.05) is 27.7 Å². The second-order valence-corrected chi connectivity index (χ2v) is 8.58. The summed E-state index contributed by atoms with van der Waals surface area (Å²) in [5.74, 6) is -0.115. The highest BCUT2D eigenvalue weighted by atomic mass is 16.5. The number of rotatable bonds is 14. The first-order valence-electron chi connectivity index (χ1n) is 9.94. The Morgan fingerprint density at radius 1 is 0.926 bits per heavy atom. The molecular weight excluding hydrogens is 346 g/mol. The fourth-order valence-corrected chi connectivity index (χ4v) is 2.21. The summed E-state index contributed by atoms with van der Waals surface area (Å²) >= 11 is 0. The average Bonchev–Trinajstić information content (AvgIpc) is 2.53.